The minimum Gasteiger partial charge on any atom is -0.494 e. The van der Waals surface area contributed by atoms with E-state index < -0.39 is 0 Å². The summed E-state index contributed by atoms with van der Waals surface area (Å²) in [5.74, 6) is 1.40. The largest absolute Gasteiger partial charge is 0.494 e. The first-order chi connectivity index (χ1) is 8.20. The molecule has 2 N–H and O–H groups in total. The van der Waals surface area contributed by atoms with Gasteiger partial charge in [0.25, 0.3) is 0 Å². The summed E-state index contributed by atoms with van der Waals surface area (Å²) in [5, 5.41) is 0. The number of pyridine rings is 1. The van der Waals surface area contributed by atoms with Crippen molar-refractivity contribution in [3.63, 3.8) is 0 Å². The van der Waals surface area contributed by atoms with E-state index in [1.54, 1.807) is 6.20 Å². The van der Waals surface area contributed by atoms with E-state index in [0.29, 0.717) is 12.4 Å². The maximum absolute atomic E-state index is 5.89. The molecule has 2 rings (SSSR count). The molecule has 1 heterocycles. The molecule has 2 aromatic rings. The van der Waals surface area contributed by atoms with Gasteiger partial charge in [0.15, 0.2) is 0 Å². The van der Waals surface area contributed by atoms with Crippen molar-refractivity contribution in [1.29, 1.82) is 0 Å². The molecule has 0 radical (unpaired) electrons. The maximum Gasteiger partial charge on any atom is 0.131 e. The van der Waals surface area contributed by atoms with Crippen molar-refractivity contribution in [3.05, 3.63) is 42.1 Å². The zero-order valence-electron chi connectivity index (χ0n) is 10.1. The number of hydrogen-bond acceptors (Lipinski definition) is 3. The molecule has 0 fully saturated rings. The Morgan fingerprint density at radius 2 is 2.12 bits per heavy atom. The number of nitrogen functional groups attached to an aromatic ring is 1. The van der Waals surface area contributed by atoms with Gasteiger partial charge in [0.05, 0.1) is 6.61 Å². The van der Waals surface area contributed by atoms with Crippen LogP contribution >= 0.6 is 0 Å². The topological polar surface area (TPSA) is 48.1 Å². The summed E-state index contributed by atoms with van der Waals surface area (Å²) in [5.41, 5.74) is 8.97. The van der Waals surface area contributed by atoms with Gasteiger partial charge >= 0.3 is 0 Å². The number of aryl methyl sites for hydroxylation is 1. The molecule has 88 valence electrons. The van der Waals surface area contributed by atoms with E-state index in [1.165, 1.54) is 0 Å². The Balaban J connectivity index is 2.45. The number of anilines is 1. The van der Waals surface area contributed by atoms with Crippen LogP contribution in [0.4, 0.5) is 5.82 Å². The first-order valence-electron chi connectivity index (χ1n) is 5.66. The Kier molecular flexibility index (Phi) is 3.28. The van der Waals surface area contributed by atoms with Gasteiger partial charge in [0, 0.05) is 11.8 Å². The average molecular weight is 228 g/mol. The van der Waals surface area contributed by atoms with Crippen LogP contribution in [0.2, 0.25) is 0 Å². The van der Waals surface area contributed by atoms with Crippen LogP contribution in [-0.2, 0) is 0 Å². The molecule has 0 aliphatic heterocycles. The second kappa shape index (κ2) is 4.87. The number of nitrogens with zero attached hydrogens (tertiary/aromatic N) is 1. The fourth-order valence-electron chi connectivity index (χ4n) is 1.73. The molecule has 0 spiro atoms. The van der Waals surface area contributed by atoms with E-state index in [-0.39, 0.29) is 0 Å². The molecule has 3 nitrogen and oxygen atoms in total. The van der Waals surface area contributed by atoms with Crippen LogP contribution in [0.25, 0.3) is 11.1 Å². The Hall–Kier alpha value is -2.03. The smallest absolute Gasteiger partial charge is 0.131 e. The second-order valence-corrected chi connectivity index (χ2v) is 3.91. The fraction of sp³-hybridized carbons (Fsp3) is 0.214. The molecule has 0 saturated heterocycles. The van der Waals surface area contributed by atoms with Crippen molar-refractivity contribution >= 4 is 5.82 Å². The zero-order chi connectivity index (χ0) is 12.3. The third-order valence-corrected chi connectivity index (χ3v) is 2.51. The third kappa shape index (κ3) is 2.56. The van der Waals surface area contributed by atoms with E-state index in [1.807, 2.05) is 44.2 Å². The Morgan fingerprint density at radius 3 is 2.88 bits per heavy atom. The average Bonchev–Trinajstić information content (AvgIpc) is 2.33. The zero-order valence-corrected chi connectivity index (χ0v) is 10.1. The molecule has 0 saturated carbocycles. The van der Waals surface area contributed by atoms with Crippen molar-refractivity contribution in [3.8, 4) is 16.9 Å². The molecule has 0 atom stereocenters. The summed E-state index contributed by atoms with van der Waals surface area (Å²) >= 11 is 0. The highest BCUT2D eigenvalue weighted by Crippen LogP contribution is 2.28. The van der Waals surface area contributed by atoms with Gasteiger partial charge in [-0.15, -0.1) is 0 Å². The first kappa shape index (κ1) is 11.5. The van der Waals surface area contributed by atoms with Crippen molar-refractivity contribution < 1.29 is 4.74 Å². The highest BCUT2D eigenvalue weighted by Gasteiger charge is 2.05. The van der Waals surface area contributed by atoms with Gasteiger partial charge in [-0.05, 0) is 43.2 Å². The molecule has 0 aliphatic rings. The van der Waals surface area contributed by atoms with E-state index in [4.69, 9.17) is 10.5 Å². The first-order valence-corrected chi connectivity index (χ1v) is 5.66. The van der Waals surface area contributed by atoms with Crippen molar-refractivity contribution in [2.24, 2.45) is 0 Å². The number of aromatic nitrogens is 1. The monoisotopic (exact) mass is 228 g/mol. The van der Waals surface area contributed by atoms with E-state index in [2.05, 4.69) is 4.98 Å². The summed E-state index contributed by atoms with van der Waals surface area (Å²) in [4.78, 5) is 4.17. The van der Waals surface area contributed by atoms with Gasteiger partial charge in [0.2, 0.25) is 0 Å². The molecular formula is C14H16N2O. The van der Waals surface area contributed by atoms with Crippen molar-refractivity contribution in [1.82, 2.24) is 4.98 Å². The molecule has 1 aromatic carbocycles. The van der Waals surface area contributed by atoms with E-state index in [9.17, 15) is 0 Å². The number of nitrogens with two attached hydrogens (primary N) is 1. The van der Waals surface area contributed by atoms with Gasteiger partial charge in [-0.25, -0.2) is 4.98 Å². The molecule has 3 heteroatoms. The minimum atomic E-state index is 0.546. The number of ether oxygens (including phenoxy) is 1. The highest BCUT2D eigenvalue weighted by molar-refractivity contribution is 5.75. The van der Waals surface area contributed by atoms with Crippen LogP contribution in [-0.4, -0.2) is 11.6 Å². The van der Waals surface area contributed by atoms with Crippen LogP contribution in [0.5, 0.6) is 5.75 Å². The SMILES string of the molecule is CCOc1cccc(-c2cc(C)cnc2N)c1. The summed E-state index contributed by atoms with van der Waals surface area (Å²) in [6, 6.07) is 9.92. The molecule has 0 unspecified atom stereocenters. The Labute approximate surface area is 101 Å². The van der Waals surface area contributed by atoms with Crippen molar-refractivity contribution in [2.75, 3.05) is 12.3 Å². The lowest BCUT2D eigenvalue weighted by molar-refractivity contribution is 0.340. The molecule has 0 bridgehead atoms. The molecular weight excluding hydrogens is 212 g/mol. The van der Waals surface area contributed by atoms with Crippen LogP contribution in [0.3, 0.4) is 0 Å². The van der Waals surface area contributed by atoms with E-state index >= 15 is 0 Å². The fourth-order valence-corrected chi connectivity index (χ4v) is 1.73. The number of benzene rings is 1. The quantitative estimate of drug-likeness (QED) is 0.878. The van der Waals surface area contributed by atoms with Gasteiger partial charge in [-0.3, -0.25) is 0 Å². The van der Waals surface area contributed by atoms with Crippen LogP contribution in [0, 0.1) is 6.92 Å². The molecule has 17 heavy (non-hydrogen) atoms. The second-order valence-electron chi connectivity index (χ2n) is 3.91. The van der Waals surface area contributed by atoms with Gasteiger partial charge < -0.3 is 10.5 Å². The Bertz CT molecular complexity index is 523. The summed E-state index contributed by atoms with van der Waals surface area (Å²) in [7, 11) is 0. The molecule has 0 amide bonds. The predicted molar refractivity (Wildman–Crippen MR) is 70.0 cm³/mol. The molecule has 1 aromatic heterocycles. The highest BCUT2D eigenvalue weighted by atomic mass is 16.5. The lowest BCUT2D eigenvalue weighted by Gasteiger charge is -2.08. The lowest BCUT2D eigenvalue weighted by atomic mass is 10.0. The van der Waals surface area contributed by atoms with Crippen molar-refractivity contribution in [2.45, 2.75) is 13.8 Å². The molecule has 0 aliphatic carbocycles. The minimum absolute atomic E-state index is 0.546. The van der Waals surface area contributed by atoms with E-state index in [0.717, 1.165) is 22.4 Å². The van der Waals surface area contributed by atoms with Crippen LogP contribution in [0.1, 0.15) is 12.5 Å². The van der Waals surface area contributed by atoms with Gasteiger partial charge in [-0.1, -0.05) is 12.1 Å². The standard InChI is InChI=1S/C14H16N2O/c1-3-17-12-6-4-5-11(8-12)13-7-10(2)9-16-14(13)15/h4-9H,3H2,1-2H3,(H2,15,16). The number of rotatable bonds is 3. The predicted octanol–water partition coefficient (Wildman–Crippen LogP) is 3.04. The third-order valence-electron chi connectivity index (χ3n) is 2.51. The van der Waals surface area contributed by atoms with Crippen LogP contribution < -0.4 is 10.5 Å². The van der Waals surface area contributed by atoms with Gasteiger partial charge in [0.1, 0.15) is 11.6 Å². The summed E-state index contributed by atoms with van der Waals surface area (Å²) in [6.07, 6.45) is 1.77. The lowest BCUT2D eigenvalue weighted by Crippen LogP contribution is -1.96. The van der Waals surface area contributed by atoms with Crippen LogP contribution in [0.15, 0.2) is 36.5 Å². The Morgan fingerprint density at radius 1 is 1.29 bits per heavy atom. The summed E-state index contributed by atoms with van der Waals surface area (Å²) < 4.78 is 5.48. The van der Waals surface area contributed by atoms with Gasteiger partial charge in [-0.2, -0.15) is 0 Å². The number of hydrogen-bond donors (Lipinski definition) is 1. The summed E-state index contributed by atoms with van der Waals surface area (Å²) in [6.45, 7) is 4.63. The normalized spacial score (nSPS) is 10.2. The maximum atomic E-state index is 5.89.